The van der Waals surface area contributed by atoms with Crippen molar-refractivity contribution < 1.29 is 17.9 Å². The van der Waals surface area contributed by atoms with E-state index in [0.717, 1.165) is 6.42 Å². The van der Waals surface area contributed by atoms with Gasteiger partial charge < -0.3 is 15.4 Å². The van der Waals surface area contributed by atoms with Gasteiger partial charge in [-0.1, -0.05) is 0 Å². The Kier molecular flexibility index (Phi) is 4.17. The first-order valence-corrected chi connectivity index (χ1v) is 8.49. The number of nitrogens with two attached hydrogens (primary N) is 1. The van der Waals surface area contributed by atoms with Crippen LogP contribution in [0.15, 0.2) is 0 Å². The van der Waals surface area contributed by atoms with E-state index >= 15 is 0 Å². The van der Waals surface area contributed by atoms with Gasteiger partial charge in [-0.3, -0.25) is 4.79 Å². The summed E-state index contributed by atoms with van der Waals surface area (Å²) in [6.07, 6.45) is 2.85. The molecule has 1 saturated carbocycles. The number of ether oxygens (including phenoxy) is 1. The molecule has 0 aromatic heterocycles. The third kappa shape index (κ3) is 3.09. The van der Waals surface area contributed by atoms with Crippen molar-refractivity contribution in [2.24, 2.45) is 5.73 Å². The molecule has 1 aliphatic carbocycles. The molecule has 2 rings (SSSR count). The summed E-state index contributed by atoms with van der Waals surface area (Å²) in [7, 11) is -1.44. The second-order valence-corrected chi connectivity index (χ2v) is 7.79. The van der Waals surface area contributed by atoms with Crippen LogP contribution in [0.2, 0.25) is 0 Å². The quantitative estimate of drug-likeness (QED) is 0.739. The van der Waals surface area contributed by atoms with E-state index in [1.807, 2.05) is 0 Å². The van der Waals surface area contributed by atoms with Gasteiger partial charge in [-0.15, -0.1) is 0 Å². The monoisotopic (exact) mass is 290 g/mol. The fourth-order valence-electron chi connectivity index (χ4n) is 2.72. The average Bonchev–Trinajstić information content (AvgIpc) is 2.67. The first-order valence-electron chi connectivity index (χ1n) is 6.67. The SMILES string of the molecule is COCCN(C(=O)C1(N)CCC1)C1CCS(=O)(=O)C1. The highest BCUT2D eigenvalue weighted by Gasteiger charge is 2.45. The third-order valence-electron chi connectivity index (χ3n) is 4.12. The van der Waals surface area contributed by atoms with Crippen LogP contribution >= 0.6 is 0 Å². The molecular weight excluding hydrogens is 268 g/mol. The molecule has 0 spiro atoms. The Morgan fingerprint density at radius 1 is 1.47 bits per heavy atom. The van der Waals surface area contributed by atoms with E-state index in [1.54, 1.807) is 12.0 Å². The number of carbonyl (C=O) groups excluding carboxylic acids is 1. The van der Waals surface area contributed by atoms with Crippen LogP contribution < -0.4 is 5.73 Å². The molecule has 1 atom stereocenters. The summed E-state index contributed by atoms with van der Waals surface area (Å²) in [6, 6.07) is -0.242. The van der Waals surface area contributed by atoms with Gasteiger partial charge in [0.2, 0.25) is 5.91 Å². The van der Waals surface area contributed by atoms with E-state index in [2.05, 4.69) is 0 Å². The molecule has 1 unspecified atom stereocenters. The molecule has 110 valence electrons. The summed E-state index contributed by atoms with van der Waals surface area (Å²) >= 11 is 0. The molecule has 1 aliphatic heterocycles. The Hall–Kier alpha value is -0.660. The fraction of sp³-hybridized carbons (Fsp3) is 0.917. The number of rotatable bonds is 5. The van der Waals surface area contributed by atoms with E-state index in [-0.39, 0.29) is 23.5 Å². The Balaban J connectivity index is 2.09. The Morgan fingerprint density at radius 2 is 2.16 bits per heavy atom. The summed E-state index contributed by atoms with van der Waals surface area (Å²) in [4.78, 5) is 14.1. The summed E-state index contributed by atoms with van der Waals surface area (Å²) in [6.45, 7) is 0.812. The van der Waals surface area contributed by atoms with Crippen molar-refractivity contribution in [2.75, 3.05) is 31.8 Å². The zero-order chi connectivity index (χ0) is 14.1. The average molecular weight is 290 g/mol. The highest BCUT2D eigenvalue weighted by atomic mass is 32.2. The highest BCUT2D eigenvalue weighted by molar-refractivity contribution is 7.91. The van der Waals surface area contributed by atoms with Crippen LogP contribution in [0.25, 0.3) is 0 Å². The fourth-order valence-corrected chi connectivity index (χ4v) is 4.45. The number of carbonyl (C=O) groups is 1. The number of sulfone groups is 1. The number of nitrogens with zero attached hydrogens (tertiary/aromatic N) is 1. The first kappa shape index (κ1) is 14.7. The van der Waals surface area contributed by atoms with Crippen molar-refractivity contribution in [1.82, 2.24) is 4.90 Å². The summed E-state index contributed by atoms with van der Waals surface area (Å²) in [5.74, 6) is 0.0998. The topological polar surface area (TPSA) is 89.7 Å². The van der Waals surface area contributed by atoms with Crippen molar-refractivity contribution >= 4 is 15.7 Å². The van der Waals surface area contributed by atoms with Gasteiger partial charge in [-0.05, 0) is 25.7 Å². The van der Waals surface area contributed by atoms with E-state index in [9.17, 15) is 13.2 Å². The minimum atomic E-state index is -3.01. The lowest BCUT2D eigenvalue weighted by Gasteiger charge is -2.42. The van der Waals surface area contributed by atoms with Gasteiger partial charge in [0, 0.05) is 19.7 Å². The van der Waals surface area contributed by atoms with Gasteiger partial charge in [0.1, 0.15) is 0 Å². The number of hydrogen-bond acceptors (Lipinski definition) is 5. The molecule has 2 aliphatic rings. The third-order valence-corrected chi connectivity index (χ3v) is 5.87. The molecule has 19 heavy (non-hydrogen) atoms. The molecular formula is C12H22N2O4S. The van der Waals surface area contributed by atoms with Crippen molar-refractivity contribution in [3.63, 3.8) is 0 Å². The maximum atomic E-state index is 12.5. The van der Waals surface area contributed by atoms with Crippen LogP contribution in [0, 0.1) is 0 Å². The van der Waals surface area contributed by atoms with Gasteiger partial charge in [0.25, 0.3) is 0 Å². The van der Waals surface area contributed by atoms with E-state index < -0.39 is 15.4 Å². The van der Waals surface area contributed by atoms with Gasteiger partial charge in [0.05, 0.1) is 23.7 Å². The minimum Gasteiger partial charge on any atom is -0.383 e. The van der Waals surface area contributed by atoms with Gasteiger partial charge in [-0.2, -0.15) is 0 Å². The zero-order valence-electron chi connectivity index (χ0n) is 11.3. The maximum absolute atomic E-state index is 12.5. The van der Waals surface area contributed by atoms with E-state index in [0.29, 0.717) is 32.4 Å². The predicted octanol–water partition coefficient (Wildman–Crippen LogP) is -0.470. The van der Waals surface area contributed by atoms with Crippen LogP contribution in [0.1, 0.15) is 25.7 Å². The molecule has 0 bridgehead atoms. The molecule has 2 fully saturated rings. The largest absolute Gasteiger partial charge is 0.383 e. The molecule has 1 heterocycles. The lowest BCUT2D eigenvalue weighted by Crippen LogP contribution is -2.62. The van der Waals surface area contributed by atoms with Gasteiger partial charge in [-0.25, -0.2) is 8.42 Å². The van der Waals surface area contributed by atoms with Gasteiger partial charge in [0.15, 0.2) is 9.84 Å². The van der Waals surface area contributed by atoms with Crippen molar-refractivity contribution in [3.05, 3.63) is 0 Å². The highest BCUT2D eigenvalue weighted by Crippen LogP contribution is 2.32. The summed E-state index contributed by atoms with van der Waals surface area (Å²) in [5, 5.41) is 0. The Morgan fingerprint density at radius 3 is 2.58 bits per heavy atom. The summed E-state index contributed by atoms with van der Waals surface area (Å²) in [5.41, 5.74) is 5.30. The van der Waals surface area contributed by atoms with Crippen LogP contribution in [-0.4, -0.2) is 62.6 Å². The zero-order valence-corrected chi connectivity index (χ0v) is 12.1. The summed E-state index contributed by atoms with van der Waals surface area (Å²) < 4.78 is 28.2. The second kappa shape index (κ2) is 5.38. The normalized spacial score (nSPS) is 27.8. The van der Waals surface area contributed by atoms with Crippen molar-refractivity contribution in [3.8, 4) is 0 Å². The first-order chi connectivity index (χ1) is 8.88. The molecule has 1 saturated heterocycles. The standard InChI is InChI=1S/C12H22N2O4S/c1-18-7-6-14(10-3-8-19(16,17)9-10)11(15)12(13)4-2-5-12/h10H,2-9,13H2,1H3. The van der Waals surface area contributed by atoms with Crippen LogP contribution in [-0.2, 0) is 19.4 Å². The Bertz CT molecular complexity index is 445. The lowest BCUT2D eigenvalue weighted by atomic mass is 9.76. The maximum Gasteiger partial charge on any atom is 0.243 e. The minimum absolute atomic E-state index is 0.0541. The van der Waals surface area contributed by atoms with E-state index in [4.69, 9.17) is 10.5 Å². The van der Waals surface area contributed by atoms with Gasteiger partial charge >= 0.3 is 0 Å². The molecule has 7 heteroatoms. The lowest BCUT2D eigenvalue weighted by molar-refractivity contribution is -0.142. The Labute approximate surface area is 114 Å². The molecule has 0 aromatic rings. The van der Waals surface area contributed by atoms with Crippen LogP contribution in [0.4, 0.5) is 0 Å². The van der Waals surface area contributed by atoms with E-state index in [1.165, 1.54) is 0 Å². The van der Waals surface area contributed by atoms with Crippen LogP contribution in [0.5, 0.6) is 0 Å². The number of amides is 1. The number of methoxy groups -OCH3 is 1. The van der Waals surface area contributed by atoms with Crippen LogP contribution in [0.3, 0.4) is 0 Å². The second-order valence-electron chi connectivity index (χ2n) is 5.56. The number of hydrogen-bond donors (Lipinski definition) is 1. The molecule has 2 N–H and O–H groups in total. The molecule has 0 aromatic carbocycles. The smallest absolute Gasteiger partial charge is 0.243 e. The molecule has 6 nitrogen and oxygen atoms in total. The van der Waals surface area contributed by atoms with Crippen molar-refractivity contribution in [2.45, 2.75) is 37.3 Å². The molecule has 0 radical (unpaired) electrons. The van der Waals surface area contributed by atoms with Crippen molar-refractivity contribution in [1.29, 1.82) is 0 Å². The predicted molar refractivity (Wildman–Crippen MR) is 71.4 cm³/mol. The molecule has 1 amide bonds.